The summed E-state index contributed by atoms with van der Waals surface area (Å²) in [5.41, 5.74) is 0.399. The van der Waals surface area contributed by atoms with Gasteiger partial charge in [-0.15, -0.1) is 0 Å². The predicted molar refractivity (Wildman–Crippen MR) is 57.2 cm³/mol. The molecule has 0 radical (unpaired) electrons. The molecule has 0 aliphatic carbocycles. The fourth-order valence-corrected chi connectivity index (χ4v) is 1.35. The molecule has 0 amide bonds. The summed E-state index contributed by atoms with van der Waals surface area (Å²) in [6.45, 7) is 1.91. The van der Waals surface area contributed by atoms with Crippen LogP contribution in [0.2, 0.25) is 0 Å². The zero-order valence-electron chi connectivity index (χ0n) is 9.04. The van der Waals surface area contributed by atoms with Crippen LogP contribution in [0, 0.1) is 0 Å². The summed E-state index contributed by atoms with van der Waals surface area (Å²) in [6.07, 6.45) is -1.02. The minimum Gasteiger partial charge on any atom is -0.460 e. The molecule has 1 aromatic rings. The summed E-state index contributed by atoms with van der Waals surface area (Å²) in [4.78, 5) is 19.0. The molecule has 8 heteroatoms. The smallest absolute Gasteiger partial charge is 0.376 e. The SMILES string of the molecule is CCOC(=O)c1ncc2c(n1)NC(O)C(O)N2. The summed E-state index contributed by atoms with van der Waals surface area (Å²) in [7, 11) is 0. The lowest BCUT2D eigenvalue weighted by Gasteiger charge is -2.28. The standard InChI is InChI=1S/C9H12N4O4/c1-2-17-9(16)6-10-3-4-5(12-6)13-8(15)7(14)11-4/h3,7-8,11,14-15H,2H2,1H3,(H,10,12,13). The highest BCUT2D eigenvalue weighted by atomic mass is 16.5. The van der Waals surface area contributed by atoms with Crippen LogP contribution in [-0.2, 0) is 4.74 Å². The van der Waals surface area contributed by atoms with Gasteiger partial charge in [0, 0.05) is 0 Å². The first kappa shape index (κ1) is 11.6. The molecule has 0 saturated heterocycles. The van der Waals surface area contributed by atoms with Crippen LogP contribution in [0.25, 0.3) is 0 Å². The van der Waals surface area contributed by atoms with E-state index in [4.69, 9.17) is 4.74 Å². The highest BCUT2D eigenvalue weighted by Crippen LogP contribution is 2.24. The van der Waals surface area contributed by atoms with Gasteiger partial charge in [-0.2, -0.15) is 0 Å². The molecule has 8 nitrogen and oxygen atoms in total. The Morgan fingerprint density at radius 1 is 1.47 bits per heavy atom. The maximum Gasteiger partial charge on any atom is 0.376 e. The lowest BCUT2D eigenvalue weighted by molar-refractivity contribution is 0.0500. The Labute approximate surface area is 96.7 Å². The largest absolute Gasteiger partial charge is 0.460 e. The molecule has 17 heavy (non-hydrogen) atoms. The first-order valence-electron chi connectivity index (χ1n) is 5.05. The van der Waals surface area contributed by atoms with E-state index in [0.717, 1.165) is 0 Å². The average Bonchev–Trinajstić information content (AvgIpc) is 2.30. The van der Waals surface area contributed by atoms with Crippen LogP contribution in [0.5, 0.6) is 0 Å². The molecule has 92 valence electrons. The van der Waals surface area contributed by atoms with Crippen molar-refractivity contribution in [2.75, 3.05) is 17.2 Å². The lowest BCUT2D eigenvalue weighted by Crippen LogP contribution is -2.43. The first-order valence-corrected chi connectivity index (χ1v) is 5.05. The number of carbonyl (C=O) groups is 1. The number of fused-ring (bicyclic) bond motifs is 1. The van der Waals surface area contributed by atoms with Crippen LogP contribution < -0.4 is 10.6 Å². The Balaban J connectivity index is 2.25. The number of rotatable bonds is 2. The van der Waals surface area contributed by atoms with Crippen molar-refractivity contribution < 1.29 is 19.7 Å². The molecular weight excluding hydrogens is 228 g/mol. The Bertz CT molecular complexity index is 439. The molecule has 0 spiro atoms. The number of hydrogen-bond acceptors (Lipinski definition) is 8. The molecule has 0 aromatic carbocycles. The van der Waals surface area contributed by atoms with E-state index in [1.54, 1.807) is 6.92 Å². The van der Waals surface area contributed by atoms with E-state index in [9.17, 15) is 15.0 Å². The van der Waals surface area contributed by atoms with Gasteiger partial charge in [-0.25, -0.2) is 14.8 Å². The number of carbonyl (C=O) groups excluding carboxylic acids is 1. The minimum absolute atomic E-state index is 0.108. The molecule has 0 fully saturated rings. The molecule has 2 rings (SSSR count). The van der Waals surface area contributed by atoms with Gasteiger partial charge in [-0.3, -0.25) is 0 Å². The third-order valence-electron chi connectivity index (χ3n) is 2.13. The average molecular weight is 240 g/mol. The van der Waals surface area contributed by atoms with Crippen LogP contribution >= 0.6 is 0 Å². The highest BCUT2D eigenvalue weighted by Gasteiger charge is 2.26. The molecule has 4 N–H and O–H groups in total. The Morgan fingerprint density at radius 3 is 2.88 bits per heavy atom. The Kier molecular flexibility index (Phi) is 3.07. The summed E-state index contributed by atoms with van der Waals surface area (Å²) >= 11 is 0. The molecule has 2 unspecified atom stereocenters. The Hall–Kier alpha value is -1.93. The van der Waals surface area contributed by atoms with E-state index < -0.39 is 18.4 Å². The first-order chi connectivity index (χ1) is 8.11. The van der Waals surface area contributed by atoms with E-state index >= 15 is 0 Å². The van der Waals surface area contributed by atoms with Gasteiger partial charge in [0.2, 0.25) is 5.82 Å². The van der Waals surface area contributed by atoms with E-state index in [1.165, 1.54) is 6.20 Å². The number of aliphatic hydroxyl groups is 2. The van der Waals surface area contributed by atoms with Crippen molar-refractivity contribution in [1.29, 1.82) is 0 Å². The second kappa shape index (κ2) is 4.52. The fraction of sp³-hybridized carbons (Fsp3) is 0.444. The van der Waals surface area contributed by atoms with Crippen molar-refractivity contribution in [3.05, 3.63) is 12.0 Å². The summed E-state index contributed by atoms with van der Waals surface area (Å²) in [6, 6.07) is 0. The zero-order chi connectivity index (χ0) is 12.4. The van der Waals surface area contributed by atoms with Gasteiger partial charge in [0.05, 0.1) is 18.5 Å². The number of nitrogens with zero attached hydrogens (tertiary/aromatic N) is 2. The fourth-order valence-electron chi connectivity index (χ4n) is 1.35. The number of nitrogens with one attached hydrogen (secondary N) is 2. The molecule has 1 aliphatic rings. The van der Waals surface area contributed by atoms with Crippen LogP contribution in [0.1, 0.15) is 17.5 Å². The van der Waals surface area contributed by atoms with Crippen LogP contribution in [0.3, 0.4) is 0 Å². The molecule has 2 atom stereocenters. The van der Waals surface area contributed by atoms with Crippen LogP contribution in [-0.4, -0.2) is 45.2 Å². The van der Waals surface area contributed by atoms with Crippen LogP contribution in [0.4, 0.5) is 11.5 Å². The van der Waals surface area contributed by atoms with E-state index in [0.29, 0.717) is 5.69 Å². The normalized spacial score (nSPS) is 22.1. The van der Waals surface area contributed by atoms with Crippen molar-refractivity contribution in [2.45, 2.75) is 19.4 Å². The van der Waals surface area contributed by atoms with Gasteiger partial charge in [-0.05, 0) is 6.92 Å². The topological polar surface area (TPSA) is 117 Å². The molecule has 1 aliphatic heterocycles. The molecular formula is C9H12N4O4. The molecule has 1 aromatic heterocycles. The van der Waals surface area contributed by atoms with E-state index in [1.807, 2.05) is 0 Å². The maximum absolute atomic E-state index is 11.4. The number of esters is 1. The quantitative estimate of drug-likeness (QED) is 0.493. The second-order valence-corrected chi connectivity index (χ2v) is 3.35. The summed E-state index contributed by atoms with van der Waals surface area (Å²) in [5, 5.41) is 23.8. The Morgan fingerprint density at radius 2 is 2.18 bits per heavy atom. The summed E-state index contributed by atoms with van der Waals surface area (Å²) in [5.74, 6) is -0.512. The number of aliphatic hydroxyl groups excluding tert-OH is 2. The third-order valence-corrected chi connectivity index (χ3v) is 2.13. The van der Waals surface area contributed by atoms with E-state index in [2.05, 4.69) is 20.6 Å². The van der Waals surface area contributed by atoms with Gasteiger partial charge in [0.25, 0.3) is 0 Å². The van der Waals surface area contributed by atoms with Crippen molar-refractivity contribution in [3.63, 3.8) is 0 Å². The lowest BCUT2D eigenvalue weighted by atomic mass is 10.3. The van der Waals surface area contributed by atoms with Gasteiger partial charge in [0.1, 0.15) is 0 Å². The maximum atomic E-state index is 11.4. The van der Waals surface area contributed by atoms with Crippen molar-refractivity contribution >= 4 is 17.5 Å². The molecule has 2 heterocycles. The number of aromatic nitrogens is 2. The summed E-state index contributed by atoms with van der Waals surface area (Å²) < 4.78 is 4.74. The zero-order valence-corrected chi connectivity index (χ0v) is 9.04. The van der Waals surface area contributed by atoms with Gasteiger partial charge in [0.15, 0.2) is 18.3 Å². The number of anilines is 2. The minimum atomic E-state index is -1.20. The van der Waals surface area contributed by atoms with Gasteiger partial charge in [-0.1, -0.05) is 0 Å². The van der Waals surface area contributed by atoms with Gasteiger partial charge >= 0.3 is 5.97 Å². The number of hydrogen-bond donors (Lipinski definition) is 4. The van der Waals surface area contributed by atoms with Crippen molar-refractivity contribution in [1.82, 2.24) is 9.97 Å². The predicted octanol–water partition coefficient (Wildman–Crippen LogP) is -0.873. The van der Waals surface area contributed by atoms with Crippen molar-refractivity contribution in [3.8, 4) is 0 Å². The monoisotopic (exact) mass is 240 g/mol. The molecule has 0 saturated carbocycles. The van der Waals surface area contributed by atoms with Gasteiger partial charge < -0.3 is 25.6 Å². The van der Waals surface area contributed by atoms with Crippen molar-refractivity contribution in [2.24, 2.45) is 0 Å². The highest BCUT2D eigenvalue weighted by molar-refractivity contribution is 5.86. The second-order valence-electron chi connectivity index (χ2n) is 3.35. The molecule has 0 bridgehead atoms. The number of ether oxygens (including phenoxy) is 1. The van der Waals surface area contributed by atoms with E-state index in [-0.39, 0.29) is 18.2 Å². The van der Waals surface area contributed by atoms with Crippen LogP contribution in [0.15, 0.2) is 6.20 Å². The third kappa shape index (κ3) is 2.27.